The third-order valence-electron chi connectivity index (χ3n) is 20.5. The minimum atomic E-state index is -4.97. The molecule has 2 unspecified atom stereocenters. The molecule has 106 heavy (non-hydrogen) atoms. The van der Waals surface area contributed by atoms with Crippen LogP contribution in [-0.4, -0.2) is 96.7 Å². The maximum atomic E-state index is 13.2. The van der Waals surface area contributed by atoms with E-state index in [9.17, 15) is 43.2 Å². The summed E-state index contributed by atoms with van der Waals surface area (Å²) in [4.78, 5) is 73.3. The molecule has 0 aromatic carbocycles. The van der Waals surface area contributed by atoms with E-state index in [1.807, 2.05) is 0 Å². The van der Waals surface area contributed by atoms with Crippen LogP contribution in [0, 0.1) is 11.8 Å². The number of carbonyl (C=O) groups excluding carboxylic acids is 4. The molecule has 0 radical (unpaired) electrons. The van der Waals surface area contributed by atoms with Crippen molar-refractivity contribution in [2.24, 2.45) is 11.8 Å². The Bertz CT molecular complexity index is 2030. The van der Waals surface area contributed by atoms with Crippen molar-refractivity contribution in [1.82, 2.24) is 0 Å². The molecule has 3 N–H and O–H groups in total. The smallest absolute Gasteiger partial charge is 0.462 e. The van der Waals surface area contributed by atoms with Gasteiger partial charge in [-0.1, -0.05) is 414 Å². The number of hydrogen-bond donors (Lipinski definition) is 3. The van der Waals surface area contributed by atoms with Crippen molar-refractivity contribution in [3.63, 3.8) is 0 Å². The number of carbonyl (C=O) groups is 4. The molecule has 0 saturated carbocycles. The summed E-state index contributed by atoms with van der Waals surface area (Å²) in [7, 11) is -9.93. The zero-order valence-corrected chi connectivity index (χ0v) is 71.5. The van der Waals surface area contributed by atoms with E-state index in [0.717, 1.165) is 102 Å². The highest BCUT2D eigenvalue weighted by Gasteiger charge is 2.30. The van der Waals surface area contributed by atoms with Crippen LogP contribution >= 0.6 is 15.6 Å². The van der Waals surface area contributed by atoms with Gasteiger partial charge in [-0.3, -0.25) is 37.3 Å². The third kappa shape index (κ3) is 80.1. The van der Waals surface area contributed by atoms with Crippen LogP contribution in [0.4, 0.5) is 0 Å². The lowest BCUT2D eigenvalue weighted by Crippen LogP contribution is -2.30. The van der Waals surface area contributed by atoms with Crippen molar-refractivity contribution >= 4 is 39.5 Å². The number of hydrogen-bond acceptors (Lipinski definition) is 15. The van der Waals surface area contributed by atoms with Crippen LogP contribution in [0.3, 0.4) is 0 Å². The average molecular weight is 1550 g/mol. The highest BCUT2D eigenvalue weighted by Crippen LogP contribution is 2.45. The van der Waals surface area contributed by atoms with Crippen LogP contribution < -0.4 is 0 Å². The van der Waals surface area contributed by atoms with Crippen molar-refractivity contribution in [3.8, 4) is 0 Å². The molecule has 0 fully saturated rings. The number of phosphoric ester groups is 2. The summed E-state index contributed by atoms with van der Waals surface area (Å²) < 4.78 is 68.9. The molecule has 630 valence electrons. The molecule has 0 aliphatic rings. The van der Waals surface area contributed by atoms with Gasteiger partial charge >= 0.3 is 39.5 Å². The number of unbranched alkanes of at least 4 members (excludes halogenated alkanes) is 56. The van der Waals surface area contributed by atoms with Gasteiger partial charge in [0.15, 0.2) is 12.2 Å². The van der Waals surface area contributed by atoms with E-state index in [1.54, 1.807) is 0 Å². The third-order valence-corrected chi connectivity index (χ3v) is 22.4. The molecule has 19 heteroatoms. The van der Waals surface area contributed by atoms with Crippen molar-refractivity contribution in [2.75, 3.05) is 39.6 Å². The van der Waals surface area contributed by atoms with Gasteiger partial charge in [0, 0.05) is 25.7 Å². The molecule has 0 bridgehead atoms. The lowest BCUT2D eigenvalue weighted by molar-refractivity contribution is -0.161. The molecule has 0 saturated heterocycles. The van der Waals surface area contributed by atoms with Crippen LogP contribution in [0.15, 0.2) is 0 Å². The molecule has 17 nitrogen and oxygen atoms in total. The van der Waals surface area contributed by atoms with Gasteiger partial charge in [-0.25, -0.2) is 9.13 Å². The van der Waals surface area contributed by atoms with E-state index in [0.29, 0.717) is 25.7 Å². The predicted octanol–water partition coefficient (Wildman–Crippen LogP) is 26.6. The molecule has 0 spiro atoms. The van der Waals surface area contributed by atoms with Crippen LogP contribution in [0.1, 0.15) is 465 Å². The summed E-state index contributed by atoms with van der Waals surface area (Å²) in [6.07, 6.45) is 70.8. The maximum Gasteiger partial charge on any atom is 0.472 e. The fraction of sp³-hybridized carbons (Fsp3) is 0.954. The topological polar surface area (TPSA) is 237 Å². The molecule has 0 aromatic heterocycles. The molecule has 0 amide bonds. The van der Waals surface area contributed by atoms with Gasteiger partial charge in [0.2, 0.25) is 0 Å². The second-order valence-corrected chi connectivity index (χ2v) is 35.1. The van der Waals surface area contributed by atoms with Crippen molar-refractivity contribution < 1.29 is 80.2 Å². The van der Waals surface area contributed by atoms with E-state index >= 15 is 0 Å². The summed E-state index contributed by atoms with van der Waals surface area (Å²) in [6, 6.07) is 0. The second-order valence-electron chi connectivity index (χ2n) is 32.2. The van der Waals surface area contributed by atoms with E-state index in [-0.39, 0.29) is 25.7 Å². The highest BCUT2D eigenvalue weighted by molar-refractivity contribution is 7.47. The normalized spacial score (nSPS) is 13.8. The van der Waals surface area contributed by atoms with Gasteiger partial charge in [-0.15, -0.1) is 0 Å². The monoisotopic (exact) mass is 1550 g/mol. The Kier molecular flexibility index (Phi) is 76.9. The summed E-state index contributed by atoms with van der Waals surface area (Å²) >= 11 is 0. The van der Waals surface area contributed by atoms with Gasteiger partial charge in [0.1, 0.15) is 19.3 Å². The quantitative estimate of drug-likeness (QED) is 0.0222. The van der Waals surface area contributed by atoms with E-state index in [2.05, 4.69) is 41.5 Å². The Morgan fingerprint density at radius 1 is 0.255 bits per heavy atom. The van der Waals surface area contributed by atoms with Gasteiger partial charge in [0.05, 0.1) is 26.4 Å². The Morgan fingerprint density at radius 2 is 0.434 bits per heavy atom. The molecule has 0 aliphatic carbocycles. The predicted molar refractivity (Wildman–Crippen MR) is 437 cm³/mol. The molecular weight excluding hydrogens is 1380 g/mol. The number of ether oxygens (including phenoxy) is 4. The molecule has 0 rings (SSSR count). The molecule has 5 atom stereocenters. The highest BCUT2D eigenvalue weighted by atomic mass is 31.2. The molecular formula is C87H170O17P2. The number of aliphatic hydroxyl groups is 1. The minimum Gasteiger partial charge on any atom is -0.462 e. The first-order valence-electron chi connectivity index (χ1n) is 45.0. The van der Waals surface area contributed by atoms with E-state index in [1.165, 1.54) is 283 Å². The van der Waals surface area contributed by atoms with Crippen molar-refractivity contribution in [1.29, 1.82) is 0 Å². The average Bonchev–Trinajstić information content (AvgIpc) is 1.64. The number of aliphatic hydroxyl groups excluding tert-OH is 1. The van der Waals surface area contributed by atoms with Crippen molar-refractivity contribution in [3.05, 3.63) is 0 Å². The summed E-state index contributed by atoms with van der Waals surface area (Å²) in [5, 5.41) is 10.7. The SMILES string of the molecule is CCCCCCCCCCCCCCCCCCCCC(=O)OC[C@H](COP(=O)(O)OC[C@@H](O)COP(=O)(O)OC[C@@H](COC(=O)CCCCCCCCCCCCC)OC(=O)CCCCCCCCCCCCCCCC(C)C)OC(=O)CCCCCCCCCCCCCCCCCCCCC(C)C. The minimum absolute atomic E-state index is 0.108. The second kappa shape index (κ2) is 78.3. The standard InChI is InChI=1S/C87H170O17P2/c1-7-9-11-13-15-17-19-20-21-22-26-29-34-40-46-52-58-64-70-85(90)98-76-83(104-86(91)71-65-59-53-47-41-35-30-27-24-23-25-28-32-38-43-49-55-61-67-79(3)4)78-102-106(95,96)100-74-81(88)73-99-105(93,94)101-77-82(75-97-84(89)69-63-57-51-45-37-18-16-14-12-10-8-2)103-87(92)72-66-60-54-48-42-36-31-33-39-44-50-56-62-68-80(5)6/h79-83,88H,7-78H2,1-6H3,(H,93,94)(H,95,96)/t81-,82+,83+/m0/s1. The Balaban J connectivity index is 5.24. The zero-order chi connectivity index (χ0) is 77.8. The Labute approximate surface area is 651 Å². The Hall–Kier alpha value is -1.94. The summed E-state index contributed by atoms with van der Waals surface area (Å²) in [6.45, 7) is 9.73. The van der Waals surface area contributed by atoms with Gasteiger partial charge in [-0.2, -0.15) is 0 Å². The van der Waals surface area contributed by atoms with Crippen LogP contribution in [0.25, 0.3) is 0 Å². The van der Waals surface area contributed by atoms with Crippen LogP contribution in [0.5, 0.6) is 0 Å². The fourth-order valence-corrected chi connectivity index (χ4v) is 15.2. The Morgan fingerprint density at radius 3 is 0.642 bits per heavy atom. The first-order chi connectivity index (χ1) is 51.4. The largest absolute Gasteiger partial charge is 0.472 e. The molecule has 0 aliphatic heterocycles. The maximum absolute atomic E-state index is 13.2. The van der Waals surface area contributed by atoms with Crippen LogP contribution in [-0.2, 0) is 65.4 Å². The molecule has 0 aromatic rings. The molecule has 0 heterocycles. The number of esters is 4. The first kappa shape index (κ1) is 104. The van der Waals surface area contributed by atoms with Gasteiger partial charge in [-0.05, 0) is 37.5 Å². The van der Waals surface area contributed by atoms with Crippen molar-refractivity contribution in [2.45, 2.75) is 484 Å². The fourth-order valence-electron chi connectivity index (χ4n) is 13.6. The summed E-state index contributed by atoms with van der Waals surface area (Å²) in [5.74, 6) is -0.492. The lowest BCUT2D eigenvalue weighted by Gasteiger charge is -2.21. The number of phosphoric acid groups is 2. The van der Waals surface area contributed by atoms with E-state index in [4.69, 9.17) is 37.0 Å². The number of rotatable bonds is 86. The van der Waals surface area contributed by atoms with E-state index < -0.39 is 97.5 Å². The summed E-state index contributed by atoms with van der Waals surface area (Å²) in [5.41, 5.74) is 0. The lowest BCUT2D eigenvalue weighted by atomic mass is 10.0. The first-order valence-corrected chi connectivity index (χ1v) is 48.0. The van der Waals surface area contributed by atoms with Gasteiger partial charge < -0.3 is 33.8 Å². The van der Waals surface area contributed by atoms with Gasteiger partial charge in [0.25, 0.3) is 0 Å². The zero-order valence-electron chi connectivity index (χ0n) is 69.7. The van der Waals surface area contributed by atoms with Crippen LogP contribution in [0.2, 0.25) is 0 Å².